The van der Waals surface area contributed by atoms with E-state index in [0.717, 1.165) is 5.56 Å². The van der Waals surface area contributed by atoms with Gasteiger partial charge in [0.1, 0.15) is 0 Å². The molecule has 1 aromatic carbocycles. The Bertz CT molecular complexity index is 547. The molecular weight excluding hydrogens is 292 g/mol. The van der Waals surface area contributed by atoms with Crippen molar-refractivity contribution in [2.24, 2.45) is 5.92 Å². The second-order valence-electron chi connectivity index (χ2n) is 7.23. The highest BCUT2D eigenvalue weighted by Gasteiger charge is 2.22. The molecule has 0 saturated carbocycles. The average molecular weight is 320 g/mol. The molecule has 1 unspecified atom stereocenters. The Labute approximate surface area is 138 Å². The largest absolute Gasteiger partial charge is 0.394 e. The van der Waals surface area contributed by atoms with Gasteiger partial charge in [-0.2, -0.15) is 0 Å². The Morgan fingerprint density at radius 2 is 1.74 bits per heavy atom. The van der Waals surface area contributed by atoms with Crippen LogP contribution in [-0.4, -0.2) is 29.6 Å². The van der Waals surface area contributed by atoms with Crippen molar-refractivity contribution < 1.29 is 14.7 Å². The first-order valence-corrected chi connectivity index (χ1v) is 7.97. The van der Waals surface area contributed by atoms with Crippen molar-refractivity contribution in [3.63, 3.8) is 0 Å². The second-order valence-corrected chi connectivity index (χ2v) is 7.23. The van der Waals surface area contributed by atoms with E-state index in [9.17, 15) is 14.7 Å². The lowest BCUT2D eigenvalue weighted by molar-refractivity contribution is -0.136. The number of anilines is 1. The molecule has 1 rings (SSSR count). The van der Waals surface area contributed by atoms with Crippen LogP contribution in [0.1, 0.15) is 46.6 Å². The van der Waals surface area contributed by atoms with Crippen LogP contribution in [-0.2, 0) is 15.0 Å². The summed E-state index contributed by atoms with van der Waals surface area (Å²) in [6.07, 6.45) is 0.619. The molecule has 1 aromatic rings. The Morgan fingerprint density at radius 3 is 2.26 bits per heavy atom. The minimum absolute atomic E-state index is 0.147. The summed E-state index contributed by atoms with van der Waals surface area (Å²) in [7, 11) is 0. The van der Waals surface area contributed by atoms with E-state index in [1.807, 2.05) is 52.8 Å². The van der Waals surface area contributed by atoms with Crippen LogP contribution >= 0.6 is 0 Å². The van der Waals surface area contributed by atoms with Gasteiger partial charge in [0.2, 0.25) is 0 Å². The van der Waals surface area contributed by atoms with Crippen LogP contribution in [0.5, 0.6) is 0 Å². The van der Waals surface area contributed by atoms with E-state index in [0.29, 0.717) is 18.0 Å². The lowest BCUT2D eigenvalue weighted by atomic mass is 9.86. The van der Waals surface area contributed by atoms with Crippen molar-refractivity contribution >= 4 is 17.5 Å². The van der Waals surface area contributed by atoms with E-state index >= 15 is 0 Å². The van der Waals surface area contributed by atoms with Gasteiger partial charge in [-0.25, -0.2) is 0 Å². The predicted molar refractivity (Wildman–Crippen MR) is 92.2 cm³/mol. The molecule has 5 nitrogen and oxygen atoms in total. The van der Waals surface area contributed by atoms with Crippen molar-refractivity contribution in [2.45, 2.75) is 52.5 Å². The minimum Gasteiger partial charge on any atom is -0.394 e. The zero-order valence-corrected chi connectivity index (χ0v) is 14.6. The number of rotatable bonds is 5. The van der Waals surface area contributed by atoms with Crippen LogP contribution in [0, 0.1) is 5.92 Å². The molecule has 0 aromatic heterocycles. The van der Waals surface area contributed by atoms with Crippen molar-refractivity contribution in [3.8, 4) is 0 Å². The zero-order valence-electron chi connectivity index (χ0n) is 14.6. The number of aliphatic hydroxyl groups excluding tert-OH is 1. The molecule has 0 spiro atoms. The Hall–Kier alpha value is -1.88. The van der Waals surface area contributed by atoms with Gasteiger partial charge in [0, 0.05) is 5.69 Å². The van der Waals surface area contributed by atoms with Crippen molar-refractivity contribution in [1.82, 2.24) is 5.32 Å². The predicted octanol–water partition coefficient (Wildman–Crippen LogP) is 2.45. The number of hydrogen-bond donors (Lipinski definition) is 3. The third-order valence-corrected chi connectivity index (χ3v) is 3.50. The topological polar surface area (TPSA) is 78.4 Å². The molecule has 3 N–H and O–H groups in total. The normalized spacial score (nSPS) is 12.8. The van der Waals surface area contributed by atoms with Gasteiger partial charge in [-0.3, -0.25) is 9.59 Å². The van der Waals surface area contributed by atoms with Crippen molar-refractivity contribution in [1.29, 1.82) is 0 Å². The molecule has 0 aliphatic heterocycles. The van der Waals surface area contributed by atoms with Gasteiger partial charge in [0.15, 0.2) is 0 Å². The van der Waals surface area contributed by atoms with E-state index in [-0.39, 0.29) is 12.0 Å². The molecule has 0 radical (unpaired) electrons. The minimum atomic E-state index is -0.728. The van der Waals surface area contributed by atoms with Crippen LogP contribution in [0.4, 0.5) is 5.69 Å². The number of carbonyl (C=O) groups excluding carboxylic acids is 2. The molecule has 0 saturated heterocycles. The smallest absolute Gasteiger partial charge is 0.313 e. The SMILES string of the molecule is CC(C)CC(CO)NC(=O)C(=O)Nc1ccccc1C(C)(C)C. The number of amides is 2. The number of carbonyl (C=O) groups is 2. The van der Waals surface area contributed by atoms with Crippen LogP contribution in [0.15, 0.2) is 24.3 Å². The van der Waals surface area contributed by atoms with Gasteiger partial charge in [-0.15, -0.1) is 0 Å². The van der Waals surface area contributed by atoms with Crippen LogP contribution in [0.3, 0.4) is 0 Å². The molecule has 0 aliphatic rings. The molecule has 1 atom stereocenters. The fraction of sp³-hybridized carbons (Fsp3) is 0.556. The summed E-state index contributed by atoms with van der Waals surface area (Å²) in [5.74, 6) is -1.13. The average Bonchev–Trinajstić information content (AvgIpc) is 2.45. The number of hydrogen-bond acceptors (Lipinski definition) is 3. The van der Waals surface area contributed by atoms with E-state index in [1.165, 1.54) is 0 Å². The molecule has 0 heterocycles. The highest BCUT2D eigenvalue weighted by molar-refractivity contribution is 6.39. The zero-order chi connectivity index (χ0) is 17.6. The van der Waals surface area contributed by atoms with Gasteiger partial charge in [-0.05, 0) is 29.4 Å². The number of para-hydroxylation sites is 1. The third-order valence-electron chi connectivity index (χ3n) is 3.50. The fourth-order valence-corrected chi connectivity index (χ4v) is 2.42. The number of nitrogens with one attached hydrogen (secondary N) is 2. The van der Waals surface area contributed by atoms with Gasteiger partial charge in [-0.1, -0.05) is 52.8 Å². The molecule has 0 aliphatic carbocycles. The maximum absolute atomic E-state index is 12.1. The summed E-state index contributed by atoms with van der Waals surface area (Å²) < 4.78 is 0. The molecular formula is C18H28N2O3. The molecule has 23 heavy (non-hydrogen) atoms. The van der Waals surface area contributed by atoms with Gasteiger partial charge in [0.05, 0.1) is 12.6 Å². The molecule has 0 bridgehead atoms. The van der Waals surface area contributed by atoms with Crippen LogP contribution in [0.2, 0.25) is 0 Å². The van der Waals surface area contributed by atoms with Crippen LogP contribution in [0.25, 0.3) is 0 Å². The summed E-state index contributed by atoms with van der Waals surface area (Å²) >= 11 is 0. The van der Waals surface area contributed by atoms with Crippen LogP contribution < -0.4 is 10.6 Å². The first-order valence-electron chi connectivity index (χ1n) is 7.97. The fourth-order valence-electron chi connectivity index (χ4n) is 2.42. The highest BCUT2D eigenvalue weighted by Crippen LogP contribution is 2.29. The first kappa shape index (κ1) is 19.2. The van der Waals surface area contributed by atoms with E-state index in [1.54, 1.807) is 6.07 Å². The standard InChI is InChI=1S/C18H28N2O3/c1-12(2)10-13(11-21)19-16(22)17(23)20-15-9-7-6-8-14(15)18(3,4)5/h6-9,12-13,21H,10-11H2,1-5H3,(H,19,22)(H,20,23). The molecule has 0 fully saturated rings. The lowest BCUT2D eigenvalue weighted by Crippen LogP contribution is -2.44. The summed E-state index contributed by atoms with van der Waals surface area (Å²) in [6, 6.07) is 7.02. The van der Waals surface area contributed by atoms with E-state index < -0.39 is 17.9 Å². The number of benzene rings is 1. The maximum atomic E-state index is 12.1. The summed E-state index contributed by atoms with van der Waals surface area (Å²) in [4.78, 5) is 24.1. The van der Waals surface area contributed by atoms with Crippen molar-refractivity contribution in [3.05, 3.63) is 29.8 Å². The summed E-state index contributed by atoms with van der Waals surface area (Å²) in [5, 5.41) is 14.5. The maximum Gasteiger partial charge on any atom is 0.313 e. The number of aliphatic hydroxyl groups is 1. The van der Waals surface area contributed by atoms with Gasteiger partial charge in [0.25, 0.3) is 0 Å². The second kappa shape index (κ2) is 8.11. The Kier molecular flexibility index (Phi) is 6.76. The molecule has 2 amide bonds. The monoisotopic (exact) mass is 320 g/mol. The summed E-state index contributed by atoms with van der Waals surface area (Å²) in [5.41, 5.74) is 1.44. The third kappa shape index (κ3) is 6.02. The van der Waals surface area contributed by atoms with Gasteiger partial charge < -0.3 is 15.7 Å². The highest BCUT2D eigenvalue weighted by atomic mass is 16.3. The molecule has 128 valence electrons. The molecule has 5 heteroatoms. The lowest BCUT2D eigenvalue weighted by Gasteiger charge is -2.23. The summed E-state index contributed by atoms with van der Waals surface area (Å²) in [6.45, 7) is 9.94. The Balaban J connectivity index is 2.78. The van der Waals surface area contributed by atoms with Crippen molar-refractivity contribution in [2.75, 3.05) is 11.9 Å². The quantitative estimate of drug-likeness (QED) is 0.729. The van der Waals surface area contributed by atoms with E-state index in [2.05, 4.69) is 10.6 Å². The Morgan fingerprint density at radius 1 is 1.13 bits per heavy atom. The van der Waals surface area contributed by atoms with E-state index in [4.69, 9.17) is 0 Å². The van der Waals surface area contributed by atoms with Gasteiger partial charge >= 0.3 is 11.8 Å². The first-order chi connectivity index (χ1) is 10.6.